The van der Waals surface area contributed by atoms with E-state index in [4.69, 9.17) is 5.11 Å². The van der Waals surface area contributed by atoms with Crippen LogP contribution in [-0.2, 0) is 6.54 Å². The van der Waals surface area contributed by atoms with Crippen molar-refractivity contribution in [2.24, 2.45) is 11.8 Å². The van der Waals surface area contributed by atoms with Gasteiger partial charge in [-0.2, -0.15) is 0 Å². The van der Waals surface area contributed by atoms with E-state index in [1.807, 2.05) is 38.4 Å². The monoisotopic (exact) mass is 321 g/mol. The Kier molecular flexibility index (Phi) is 8.66. The molecule has 0 aliphatic carbocycles. The average molecular weight is 321 g/mol. The quantitative estimate of drug-likeness (QED) is 0.655. The maximum Gasteiger partial charge on any atom is 0.319 e. The lowest BCUT2D eigenvalue weighted by Crippen LogP contribution is -2.33. The van der Waals surface area contributed by atoms with Crippen molar-refractivity contribution in [3.8, 4) is 0 Å². The molecule has 0 saturated carbocycles. The maximum atomic E-state index is 12.0. The Morgan fingerprint density at radius 3 is 2.65 bits per heavy atom. The van der Waals surface area contributed by atoms with E-state index in [2.05, 4.69) is 29.4 Å². The first-order valence-electron chi connectivity index (χ1n) is 8.30. The molecule has 5 heteroatoms. The molecule has 3 N–H and O–H groups in total. The number of hydrogen-bond acceptors (Lipinski definition) is 3. The first-order chi connectivity index (χ1) is 10.9. The first-order valence-corrected chi connectivity index (χ1v) is 8.30. The van der Waals surface area contributed by atoms with Crippen LogP contribution in [0.25, 0.3) is 0 Å². The molecule has 0 aliphatic heterocycles. The Balaban J connectivity index is 2.49. The third-order valence-electron chi connectivity index (χ3n) is 3.58. The van der Waals surface area contributed by atoms with E-state index in [1.54, 1.807) is 0 Å². The fourth-order valence-corrected chi connectivity index (χ4v) is 2.68. The van der Waals surface area contributed by atoms with Crippen molar-refractivity contribution in [3.05, 3.63) is 29.8 Å². The molecule has 1 atom stereocenters. The van der Waals surface area contributed by atoms with E-state index in [9.17, 15) is 4.79 Å². The molecule has 0 spiro atoms. The lowest BCUT2D eigenvalue weighted by molar-refractivity contribution is 0.231. The van der Waals surface area contributed by atoms with E-state index >= 15 is 0 Å². The van der Waals surface area contributed by atoms with Gasteiger partial charge in [-0.05, 0) is 56.5 Å². The second-order valence-corrected chi connectivity index (χ2v) is 6.78. The number of aliphatic hydroxyl groups is 1. The SMILES string of the molecule is CC(C)CC(CCO)CNC(=O)Nc1cccc(CN(C)C)c1. The Bertz CT molecular complexity index is 475. The van der Waals surface area contributed by atoms with Crippen LogP contribution in [0.4, 0.5) is 10.5 Å². The van der Waals surface area contributed by atoms with Gasteiger partial charge in [-0.3, -0.25) is 0 Å². The van der Waals surface area contributed by atoms with Crippen LogP contribution >= 0.6 is 0 Å². The maximum absolute atomic E-state index is 12.0. The zero-order chi connectivity index (χ0) is 17.2. The van der Waals surface area contributed by atoms with Gasteiger partial charge in [-0.1, -0.05) is 26.0 Å². The van der Waals surface area contributed by atoms with Gasteiger partial charge < -0.3 is 20.6 Å². The molecule has 1 unspecified atom stereocenters. The summed E-state index contributed by atoms with van der Waals surface area (Å²) in [6.45, 7) is 5.89. The molecule has 0 aromatic heterocycles. The molecule has 1 rings (SSSR count). The fourth-order valence-electron chi connectivity index (χ4n) is 2.68. The summed E-state index contributed by atoms with van der Waals surface area (Å²) in [7, 11) is 4.03. The highest BCUT2D eigenvalue weighted by molar-refractivity contribution is 5.89. The number of benzene rings is 1. The predicted molar refractivity (Wildman–Crippen MR) is 95.5 cm³/mol. The van der Waals surface area contributed by atoms with Crippen LogP contribution in [0.1, 0.15) is 32.3 Å². The zero-order valence-electron chi connectivity index (χ0n) is 14.8. The minimum absolute atomic E-state index is 0.160. The summed E-state index contributed by atoms with van der Waals surface area (Å²) in [5, 5.41) is 14.9. The van der Waals surface area contributed by atoms with E-state index < -0.39 is 0 Å². The number of hydrogen-bond donors (Lipinski definition) is 3. The molecule has 1 aromatic carbocycles. The lowest BCUT2D eigenvalue weighted by atomic mass is 9.94. The van der Waals surface area contributed by atoms with Crippen molar-refractivity contribution in [1.29, 1.82) is 0 Å². The molecule has 0 radical (unpaired) electrons. The number of anilines is 1. The predicted octanol–water partition coefficient (Wildman–Crippen LogP) is 2.91. The van der Waals surface area contributed by atoms with Gasteiger partial charge in [-0.25, -0.2) is 4.79 Å². The normalized spacial score (nSPS) is 12.5. The summed E-state index contributed by atoms with van der Waals surface area (Å²) >= 11 is 0. The number of rotatable bonds is 9. The Hall–Kier alpha value is -1.59. The molecule has 0 heterocycles. The third-order valence-corrected chi connectivity index (χ3v) is 3.58. The molecule has 0 aliphatic rings. The first kappa shape index (κ1) is 19.5. The summed E-state index contributed by atoms with van der Waals surface area (Å²) < 4.78 is 0. The third kappa shape index (κ3) is 8.57. The Morgan fingerprint density at radius 2 is 2.04 bits per heavy atom. The molecule has 0 saturated heterocycles. The number of amides is 2. The van der Waals surface area contributed by atoms with Crippen molar-refractivity contribution in [1.82, 2.24) is 10.2 Å². The number of aliphatic hydroxyl groups excluding tert-OH is 1. The van der Waals surface area contributed by atoms with E-state index in [0.29, 0.717) is 18.4 Å². The van der Waals surface area contributed by atoms with Crippen LogP contribution in [-0.4, -0.2) is 43.3 Å². The number of carbonyl (C=O) groups excluding carboxylic acids is 1. The van der Waals surface area contributed by atoms with Gasteiger partial charge in [0.05, 0.1) is 0 Å². The minimum Gasteiger partial charge on any atom is -0.396 e. The van der Waals surface area contributed by atoms with E-state index in [1.165, 1.54) is 0 Å². The molecule has 1 aromatic rings. The minimum atomic E-state index is -0.196. The number of urea groups is 1. The molecule has 2 amide bonds. The standard InChI is InChI=1S/C18H31N3O2/c1-14(2)10-15(8-9-22)12-19-18(23)20-17-7-5-6-16(11-17)13-21(3)4/h5-7,11,14-15,22H,8-10,12-13H2,1-4H3,(H2,19,20,23). The molecule has 23 heavy (non-hydrogen) atoms. The number of carbonyl (C=O) groups is 1. The molecular weight excluding hydrogens is 290 g/mol. The fraction of sp³-hybridized carbons (Fsp3) is 0.611. The van der Waals surface area contributed by atoms with Crippen molar-refractivity contribution < 1.29 is 9.90 Å². The van der Waals surface area contributed by atoms with Gasteiger partial charge in [0.2, 0.25) is 0 Å². The van der Waals surface area contributed by atoms with Gasteiger partial charge in [-0.15, -0.1) is 0 Å². The van der Waals surface area contributed by atoms with Crippen molar-refractivity contribution in [2.75, 3.05) is 32.6 Å². The van der Waals surface area contributed by atoms with Crippen molar-refractivity contribution >= 4 is 11.7 Å². The van der Waals surface area contributed by atoms with Crippen LogP contribution in [0, 0.1) is 11.8 Å². The number of nitrogens with one attached hydrogen (secondary N) is 2. The summed E-state index contributed by atoms with van der Waals surface area (Å²) in [5.74, 6) is 0.866. The second kappa shape index (κ2) is 10.2. The highest BCUT2D eigenvalue weighted by Gasteiger charge is 2.12. The smallest absolute Gasteiger partial charge is 0.319 e. The van der Waals surface area contributed by atoms with Crippen molar-refractivity contribution in [3.63, 3.8) is 0 Å². The summed E-state index contributed by atoms with van der Waals surface area (Å²) in [5.41, 5.74) is 1.95. The molecular formula is C18H31N3O2. The second-order valence-electron chi connectivity index (χ2n) is 6.78. The highest BCUT2D eigenvalue weighted by Crippen LogP contribution is 2.15. The Morgan fingerprint density at radius 1 is 1.30 bits per heavy atom. The summed E-state index contributed by atoms with van der Waals surface area (Å²) in [6.07, 6.45) is 1.72. The van der Waals surface area contributed by atoms with Gasteiger partial charge in [0.1, 0.15) is 0 Å². The van der Waals surface area contributed by atoms with Gasteiger partial charge in [0, 0.05) is 25.4 Å². The molecule has 0 fully saturated rings. The molecule has 5 nitrogen and oxygen atoms in total. The highest BCUT2D eigenvalue weighted by atomic mass is 16.3. The molecule has 0 bridgehead atoms. The topological polar surface area (TPSA) is 64.6 Å². The van der Waals surface area contributed by atoms with Crippen molar-refractivity contribution in [2.45, 2.75) is 33.2 Å². The average Bonchev–Trinajstić information content (AvgIpc) is 2.44. The summed E-state index contributed by atoms with van der Waals surface area (Å²) in [4.78, 5) is 14.1. The van der Waals surface area contributed by atoms with Crippen LogP contribution in [0.5, 0.6) is 0 Å². The van der Waals surface area contributed by atoms with Gasteiger partial charge in [0.25, 0.3) is 0 Å². The van der Waals surface area contributed by atoms with Gasteiger partial charge >= 0.3 is 6.03 Å². The Labute approximate surface area is 140 Å². The van der Waals surface area contributed by atoms with Crippen LogP contribution < -0.4 is 10.6 Å². The largest absolute Gasteiger partial charge is 0.396 e. The van der Waals surface area contributed by atoms with Gasteiger partial charge in [0.15, 0.2) is 0 Å². The number of nitrogens with zero attached hydrogens (tertiary/aromatic N) is 1. The van der Waals surface area contributed by atoms with Crippen LogP contribution in [0.3, 0.4) is 0 Å². The molecule has 130 valence electrons. The van der Waals surface area contributed by atoms with Crippen LogP contribution in [0.15, 0.2) is 24.3 Å². The van der Waals surface area contributed by atoms with E-state index in [-0.39, 0.29) is 12.6 Å². The lowest BCUT2D eigenvalue weighted by Gasteiger charge is -2.19. The zero-order valence-corrected chi connectivity index (χ0v) is 14.8. The van der Waals surface area contributed by atoms with Crippen LogP contribution in [0.2, 0.25) is 0 Å². The summed E-state index contributed by atoms with van der Waals surface area (Å²) in [6, 6.07) is 7.67. The van der Waals surface area contributed by atoms with E-state index in [0.717, 1.165) is 30.6 Å².